The molecule has 0 saturated heterocycles. The van der Waals surface area contributed by atoms with Crippen LogP contribution in [0.3, 0.4) is 0 Å². The van der Waals surface area contributed by atoms with Crippen molar-refractivity contribution in [3.05, 3.63) is 47.3 Å². The van der Waals surface area contributed by atoms with Crippen molar-refractivity contribution in [2.45, 2.75) is 13.3 Å². The van der Waals surface area contributed by atoms with Gasteiger partial charge in [0.2, 0.25) is 0 Å². The van der Waals surface area contributed by atoms with Gasteiger partial charge in [-0.25, -0.2) is 0 Å². The second-order valence-corrected chi connectivity index (χ2v) is 5.18. The molecule has 0 saturated carbocycles. The molecule has 0 atom stereocenters. The Labute approximate surface area is 129 Å². The molecule has 0 aliphatic rings. The lowest BCUT2D eigenvalue weighted by Crippen LogP contribution is -2.30. The van der Waals surface area contributed by atoms with Crippen LogP contribution >= 0.6 is 12.2 Å². The summed E-state index contributed by atoms with van der Waals surface area (Å²) in [5.41, 5.74) is 8.51. The van der Waals surface area contributed by atoms with Crippen molar-refractivity contribution in [3.63, 3.8) is 0 Å². The van der Waals surface area contributed by atoms with Crippen LogP contribution in [0.2, 0.25) is 0 Å². The maximum absolute atomic E-state index is 12.7. The van der Waals surface area contributed by atoms with Crippen LogP contribution in [-0.4, -0.2) is 27.7 Å². The van der Waals surface area contributed by atoms with Gasteiger partial charge in [-0.3, -0.25) is 9.48 Å². The highest BCUT2D eigenvalue weighted by Gasteiger charge is 2.20. The third kappa shape index (κ3) is 2.95. The molecule has 1 amide bonds. The zero-order valence-electron chi connectivity index (χ0n) is 12.3. The van der Waals surface area contributed by atoms with Gasteiger partial charge in [0.05, 0.1) is 11.4 Å². The van der Waals surface area contributed by atoms with Gasteiger partial charge in [-0.15, -0.1) is 0 Å². The van der Waals surface area contributed by atoms with Gasteiger partial charge in [-0.05, 0) is 24.6 Å². The summed E-state index contributed by atoms with van der Waals surface area (Å²) in [5, 5.41) is 4.30. The van der Waals surface area contributed by atoms with E-state index in [1.807, 2.05) is 37.3 Å². The summed E-state index contributed by atoms with van der Waals surface area (Å²) >= 11 is 5.04. The highest BCUT2D eigenvalue weighted by molar-refractivity contribution is 7.80. The number of aryl methyl sites for hydroxylation is 2. The number of carbonyl (C=O) groups is 1. The van der Waals surface area contributed by atoms with Gasteiger partial charge in [0.25, 0.3) is 5.91 Å². The predicted molar refractivity (Wildman–Crippen MR) is 87.6 cm³/mol. The van der Waals surface area contributed by atoms with E-state index in [2.05, 4.69) is 5.10 Å². The molecule has 5 nitrogen and oxygen atoms in total. The fourth-order valence-corrected chi connectivity index (χ4v) is 2.33. The Morgan fingerprint density at radius 2 is 2.10 bits per heavy atom. The standard InChI is InChI=1S/C15H18N4OS/c1-4-10-9-13(19(3)17-10)15(20)18(2)12-8-6-5-7-11(12)14(16)21/h5-9H,4H2,1-3H3,(H2,16,21). The van der Waals surface area contributed by atoms with Crippen LogP contribution in [-0.2, 0) is 13.5 Å². The minimum absolute atomic E-state index is 0.145. The summed E-state index contributed by atoms with van der Waals surface area (Å²) in [6, 6.07) is 9.13. The highest BCUT2D eigenvalue weighted by atomic mass is 32.1. The third-order valence-electron chi connectivity index (χ3n) is 3.35. The number of rotatable bonds is 4. The van der Waals surface area contributed by atoms with E-state index in [9.17, 15) is 4.79 Å². The van der Waals surface area contributed by atoms with Crippen molar-refractivity contribution in [2.24, 2.45) is 12.8 Å². The normalized spacial score (nSPS) is 10.4. The number of amides is 1. The summed E-state index contributed by atoms with van der Waals surface area (Å²) in [6.45, 7) is 2.00. The zero-order chi connectivity index (χ0) is 15.6. The Balaban J connectivity index is 2.40. The van der Waals surface area contributed by atoms with Crippen molar-refractivity contribution >= 4 is 28.8 Å². The van der Waals surface area contributed by atoms with Crippen LogP contribution in [0.15, 0.2) is 30.3 Å². The molecule has 1 aromatic carbocycles. The van der Waals surface area contributed by atoms with E-state index >= 15 is 0 Å². The molecule has 0 spiro atoms. The number of carbonyl (C=O) groups excluding carboxylic acids is 1. The highest BCUT2D eigenvalue weighted by Crippen LogP contribution is 2.21. The first kappa shape index (κ1) is 15.2. The fraction of sp³-hybridized carbons (Fsp3) is 0.267. The van der Waals surface area contributed by atoms with Crippen molar-refractivity contribution < 1.29 is 4.79 Å². The number of anilines is 1. The van der Waals surface area contributed by atoms with Crippen LogP contribution in [0.5, 0.6) is 0 Å². The molecule has 2 N–H and O–H groups in total. The zero-order valence-corrected chi connectivity index (χ0v) is 13.1. The quantitative estimate of drug-likeness (QED) is 0.876. The average Bonchev–Trinajstić information content (AvgIpc) is 2.86. The van der Waals surface area contributed by atoms with E-state index in [0.29, 0.717) is 16.9 Å². The number of nitrogens with zero attached hydrogens (tertiary/aromatic N) is 3. The summed E-state index contributed by atoms with van der Waals surface area (Å²) in [5.74, 6) is -0.145. The number of hydrogen-bond donors (Lipinski definition) is 1. The molecule has 21 heavy (non-hydrogen) atoms. The number of nitrogens with two attached hydrogens (primary N) is 1. The molecule has 0 bridgehead atoms. The average molecular weight is 302 g/mol. The summed E-state index contributed by atoms with van der Waals surface area (Å²) < 4.78 is 1.60. The lowest BCUT2D eigenvalue weighted by Gasteiger charge is -2.20. The SMILES string of the molecule is CCc1cc(C(=O)N(C)c2ccccc2C(N)=S)n(C)n1. The fourth-order valence-electron chi connectivity index (χ4n) is 2.16. The number of thiocarbonyl (C=S) groups is 1. The predicted octanol–water partition coefficient (Wildman–Crippen LogP) is 1.89. The molecular formula is C15H18N4OS. The van der Waals surface area contributed by atoms with Crippen LogP contribution in [0.1, 0.15) is 28.7 Å². The monoisotopic (exact) mass is 302 g/mol. The van der Waals surface area contributed by atoms with Crippen LogP contribution in [0.4, 0.5) is 5.69 Å². The number of aromatic nitrogens is 2. The smallest absolute Gasteiger partial charge is 0.276 e. The molecule has 2 rings (SSSR count). The van der Waals surface area contributed by atoms with Gasteiger partial charge in [0, 0.05) is 19.7 Å². The Kier molecular flexibility index (Phi) is 4.37. The third-order valence-corrected chi connectivity index (χ3v) is 3.57. The lowest BCUT2D eigenvalue weighted by molar-refractivity contribution is 0.0984. The molecule has 110 valence electrons. The van der Waals surface area contributed by atoms with Gasteiger partial charge in [0.15, 0.2) is 0 Å². The summed E-state index contributed by atoms with van der Waals surface area (Å²) in [7, 11) is 3.47. The summed E-state index contributed by atoms with van der Waals surface area (Å²) in [6.07, 6.45) is 0.786. The molecule has 0 aliphatic heterocycles. The van der Waals surface area contributed by atoms with Gasteiger partial charge in [0.1, 0.15) is 10.7 Å². The number of hydrogen-bond acceptors (Lipinski definition) is 3. The van der Waals surface area contributed by atoms with E-state index in [1.165, 1.54) is 0 Å². The molecular weight excluding hydrogens is 284 g/mol. The molecule has 2 aromatic rings. The van der Waals surface area contributed by atoms with E-state index in [-0.39, 0.29) is 10.9 Å². The molecule has 1 heterocycles. The second-order valence-electron chi connectivity index (χ2n) is 4.74. The van der Waals surface area contributed by atoms with E-state index in [0.717, 1.165) is 12.1 Å². The number of para-hydroxylation sites is 1. The first-order valence-electron chi connectivity index (χ1n) is 6.65. The number of benzene rings is 1. The largest absolute Gasteiger partial charge is 0.389 e. The van der Waals surface area contributed by atoms with Crippen molar-refractivity contribution in [3.8, 4) is 0 Å². The van der Waals surface area contributed by atoms with Gasteiger partial charge >= 0.3 is 0 Å². The molecule has 0 aliphatic carbocycles. The second kappa shape index (κ2) is 6.05. The lowest BCUT2D eigenvalue weighted by atomic mass is 10.1. The van der Waals surface area contributed by atoms with Crippen LogP contribution in [0.25, 0.3) is 0 Å². The molecule has 6 heteroatoms. The maximum Gasteiger partial charge on any atom is 0.276 e. The molecule has 0 unspecified atom stereocenters. The summed E-state index contributed by atoms with van der Waals surface area (Å²) in [4.78, 5) is 14.5. The Morgan fingerprint density at radius 1 is 1.43 bits per heavy atom. The first-order chi connectivity index (χ1) is 9.95. The Bertz CT molecular complexity index is 693. The van der Waals surface area contributed by atoms with E-state index in [1.54, 1.807) is 23.7 Å². The maximum atomic E-state index is 12.7. The minimum atomic E-state index is -0.145. The van der Waals surface area contributed by atoms with Gasteiger partial charge in [-0.1, -0.05) is 31.3 Å². The van der Waals surface area contributed by atoms with Crippen molar-refractivity contribution in [2.75, 3.05) is 11.9 Å². The van der Waals surface area contributed by atoms with Crippen molar-refractivity contribution in [1.82, 2.24) is 9.78 Å². The van der Waals surface area contributed by atoms with Gasteiger partial charge < -0.3 is 10.6 Å². The van der Waals surface area contributed by atoms with Crippen LogP contribution < -0.4 is 10.6 Å². The first-order valence-corrected chi connectivity index (χ1v) is 7.06. The molecule has 1 aromatic heterocycles. The molecule has 0 fully saturated rings. The Hall–Kier alpha value is -2.21. The van der Waals surface area contributed by atoms with E-state index in [4.69, 9.17) is 18.0 Å². The minimum Gasteiger partial charge on any atom is -0.389 e. The topological polar surface area (TPSA) is 64.2 Å². The van der Waals surface area contributed by atoms with E-state index < -0.39 is 0 Å². The van der Waals surface area contributed by atoms with Gasteiger partial charge in [-0.2, -0.15) is 5.10 Å². The van der Waals surface area contributed by atoms with Crippen LogP contribution in [0, 0.1) is 0 Å². The van der Waals surface area contributed by atoms with Crippen molar-refractivity contribution in [1.29, 1.82) is 0 Å². The Morgan fingerprint density at radius 3 is 2.67 bits per heavy atom. The molecule has 0 radical (unpaired) electrons.